The normalized spacial score (nSPS) is 11.4. The van der Waals surface area contributed by atoms with Crippen molar-refractivity contribution < 1.29 is 9.90 Å². The number of nitrogens with one attached hydrogen (secondary N) is 1. The molecule has 0 bridgehead atoms. The second-order valence-corrected chi connectivity index (χ2v) is 2.17. The number of hydrogen-bond acceptors (Lipinski definition) is 3. The van der Waals surface area contributed by atoms with Gasteiger partial charge in [-0.15, -0.1) is 0 Å². The Kier molecular flexibility index (Phi) is 2.65. The van der Waals surface area contributed by atoms with Crippen LogP contribution in [0, 0.1) is 0 Å². The van der Waals surface area contributed by atoms with Crippen LogP contribution in [0.2, 0.25) is 0 Å². The van der Waals surface area contributed by atoms with E-state index in [1.807, 2.05) is 0 Å². The summed E-state index contributed by atoms with van der Waals surface area (Å²) in [5.74, 6) is 0. The highest BCUT2D eigenvalue weighted by Gasteiger charge is 2.12. The van der Waals surface area contributed by atoms with Crippen LogP contribution in [0.1, 0.15) is 13.8 Å². The number of rotatable bonds is 3. The van der Waals surface area contributed by atoms with Crippen LogP contribution >= 0.6 is 0 Å². The summed E-state index contributed by atoms with van der Waals surface area (Å²) < 4.78 is 0. The molecule has 0 aromatic carbocycles. The first-order valence-corrected chi connectivity index (χ1v) is 2.44. The zero-order valence-corrected chi connectivity index (χ0v) is 5.14. The molecule has 0 saturated carbocycles. The summed E-state index contributed by atoms with van der Waals surface area (Å²) in [4.78, 5) is 10.0. The lowest BCUT2D eigenvalue weighted by Gasteiger charge is -2.15. The van der Waals surface area contributed by atoms with Gasteiger partial charge in [0.15, 0.2) is 0 Å². The zero-order chi connectivity index (χ0) is 6.62. The molecule has 8 heavy (non-hydrogen) atoms. The molecule has 0 aliphatic heterocycles. The third-order valence-corrected chi connectivity index (χ3v) is 0.829. The van der Waals surface area contributed by atoms with Crippen molar-refractivity contribution in [1.29, 1.82) is 0 Å². The first-order valence-electron chi connectivity index (χ1n) is 2.44. The van der Waals surface area contributed by atoms with Crippen molar-refractivity contribution in [2.45, 2.75) is 19.4 Å². The maximum Gasteiger partial charge on any atom is 0.139 e. The Bertz CT molecular complexity index is 80.5. The van der Waals surface area contributed by atoms with Gasteiger partial charge in [0.1, 0.15) is 6.29 Å². The van der Waals surface area contributed by atoms with Crippen LogP contribution in [0.15, 0.2) is 0 Å². The number of carbonyl (C=O) groups is 1. The second-order valence-electron chi connectivity index (χ2n) is 2.17. The molecule has 48 valence electrons. The fraction of sp³-hybridized carbons (Fsp3) is 0.800. The van der Waals surface area contributed by atoms with Crippen molar-refractivity contribution in [3.63, 3.8) is 0 Å². The largest absolute Gasteiger partial charge is 0.381 e. The van der Waals surface area contributed by atoms with E-state index in [4.69, 9.17) is 5.11 Å². The average molecular weight is 117 g/mol. The Morgan fingerprint density at radius 2 is 2.25 bits per heavy atom. The van der Waals surface area contributed by atoms with Crippen molar-refractivity contribution in [1.82, 2.24) is 5.32 Å². The van der Waals surface area contributed by atoms with Crippen molar-refractivity contribution in [3.05, 3.63) is 0 Å². The molecule has 3 nitrogen and oxygen atoms in total. The van der Waals surface area contributed by atoms with Gasteiger partial charge < -0.3 is 9.90 Å². The molecule has 0 aliphatic carbocycles. The van der Waals surface area contributed by atoms with Gasteiger partial charge in [0, 0.05) is 0 Å². The fourth-order valence-corrected chi connectivity index (χ4v) is 0.245. The molecule has 0 heterocycles. The predicted octanol–water partition coefficient (Wildman–Crippen LogP) is -0.497. The van der Waals surface area contributed by atoms with E-state index in [1.54, 1.807) is 13.8 Å². The van der Waals surface area contributed by atoms with E-state index in [0.717, 1.165) is 6.29 Å². The van der Waals surface area contributed by atoms with E-state index in [1.165, 1.54) is 0 Å². The van der Waals surface area contributed by atoms with Gasteiger partial charge in [-0.2, -0.15) is 0 Å². The molecule has 0 saturated heterocycles. The molecule has 0 aromatic heterocycles. The molecule has 0 radical (unpaired) electrons. The topological polar surface area (TPSA) is 49.3 Å². The summed E-state index contributed by atoms with van der Waals surface area (Å²) in [7, 11) is 0. The van der Waals surface area contributed by atoms with Gasteiger partial charge in [-0.3, -0.25) is 5.32 Å². The van der Waals surface area contributed by atoms with Gasteiger partial charge in [-0.05, 0) is 13.8 Å². The van der Waals surface area contributed by atoms with Crippen LogP contribution in [-0.4, -0.2) is 23.7 Å². The van der Waals surface area contributed by atoms with E-state index in [2.05, 4.69) is 5.32 Å². The number of aliphatic hydroxyl groups excluding tert-OH is 1. The highest BCUT2D eigenvalue weighted by atomic mass is 16.3. The zero-order valence-electron chi connectivity index (χ0n) is 5.14. The van der Waals surface area contributed by atoms with Crippen molar-refractivity contribution in [2.75, 3.05) is 6.73 Å². The molecule has 0 unspecified atom stereocenters. The Morgan fingerprint density at radius 3 is 2.38 bits per heavy atom. The number of carbonyl (C=O) groups excluding carboxylic acids is 1. The lowest BCUT2D eigenvalue weighted by Crippen LogP contribution is -2.41. The Labute approximate surface area is 48.7 Å². The maximum atomic E-state index is 10.0. The molecule has 0 atom stereocenters. The van der Waals surface area contributed by atoms with Crippen LogP contribution in [0.3, 0.4) is 0 Å². The summed E-state index contributed by atoms with van der Waals surface area (Å²) in [5, 5.41) is 10.8. The van der Waals surface area contributed by atoms with Crippen LogP contribution in [0.25, 0.3) is 0 Å². The minimum atomic E-state index is -0.589. The first-order chi connectivity index (χ1) is 3.62. The van der Waals surface area contributed by atoms with Crippen LogP contribution in [0.5, 0.6) is 0 Å². The summed E-state index contributed by atoms with van der Waals surface area (Å²) >= 11 is 0. The van der Waals surface area contributed by atoms with E-state index in [0.29, 0.717) is 0 Å². The van der Waals surface area contributed by atoms with Gasteiger partial charge in [0.05, 0.1) is 12.3 Å². The molecular weight excluding hydrogens is 106 g/mol. The summed E-state index contributed by atoms with van der Waals surface area (Å²) in [6.07, 6.45) is 0.753. The Balaban J connectivity index is 3.53. The van der Waals surface area contributed by atoms with Crippen molar-refractivity contribution in [3.8, 4) is 0 Å². The van der Waals surface area contributed by atoms with E-state index in [-0.39, 0.29) is 6.73 Å². The van der Waals surface area contributed by atoms with Crippen LogP contribution in [0.4, 0.5) is 0 Å². The van der Waals surface area contributed by atoms with E-state index >= 15 is 0 Å². The SMILES string of the molecule is CC(C)(C=O)NCO. The summed E-state index contributed by atoms with van der Waals surface area (Å²) in [5.41, 5.74) is -0.589. The number of aliphatic hydroxyl groups is 1. The van der Waals surface area contributed by atoms with Crippen molar-refractivity contribution >= 4 is 6.29 Å². The molecule has 0 aliphatic rings. The summed E-state index contributed by atoms with van der Waals surface area (Å²) in [6.45, 7) is 3.22. The smallest absolute Gasteiger partial charge is 0.139 e. The Morgan fingerprint density at radius 1 is 1.75 bits per heavy atom. The van der Waals surface area contributed by atoms with Crippen LogP contribution in [-0.2, 0) is 4.79 Å². The third kappa shape index (κ3) is 2.71. The highest BCUT2D eigenvalue weighted by molar-refractivity contribution is 5.62. The highest BCUT2D eigenvalue weighted by Crippen LogP contribution is 1.92. The van der Waals surface area contributed by atoms with Crippen LogP contribution < -0.4 is 5.32 Å². The average Bonchev–Trinajstić information content (AvgIpc) is 1.67. The second kappa shape index (κ2) is 2.79. The minimum Gasteiger partial charge on any atom is -0.381 e. The minimum absolute atomic E-state index is 0.161. The molecule has 2 N–H and O–H groups in total. The molecule has 0 aromatic rings. The number of hydrogen-bond donors (Lipinski definition) is 2. The van der Waals surface area contributed by atoms with Gasteiger partial charge in [-0.25, -0.2) is 0 Å². The lowest BCUT2D eigenvalue weighted by atomic mass is 10.1. The quantitative estimate of drug-likeness (QED) is 0.387. The van der Waals surface area contributed by atoms with Gasteiger partial charge in [0.2, 0.25) is 0 Å². The Hall–Kier alpha value is -0.410. The predicted molar refractivity (Wildman–Crippen MR) is 30.4 cm³/mol. The molecule has 0 amide bonds. The molecule has 3 heteroatoms. The molecule has 0 rings (SSSR count). The monoisotopic (exact) mass is 117 g/mol. The van der Waals surface area contributed by atoms with E-state index < -0.39 is 5.54 Å². The molecular formula is C5H11NO2. The maximum absolute atomic E-state index is 10.0. The fourth-order valence-electron chi connectivity index (χ4n) is 0.245. The van der Waals surface area contributed by atoms with Crippen molar-refractivity contribution in [2.24, 2.45) is 0 Å². The lowest BCUT2D eigenvalue weighted by molar-refractivity contribution is -0.112. The summed E-state index contributed by atoms with van der Waals surface area (Å²) in [6, 6.07) is 0. The van der Waals surface area contributed by atoms with E-state index in [9.17, 15) is 4.79 Å². The van der Waals surface area contributed by atoms with Gasteiger partial charge in [0.25, 0.3) is 0 Å². The number of aldehydes is 1. The molecule has 0 fully saturated rings. The molecule has 0 spiro atoms. The van der Waals surface area contributed by atoms with Gasteiger partial charge >= 0.3 is 0 Å². The first kappa shape index (κ1) is 7.59. The van der Waals surface area contributed by atoms with Gasteiger partial charge in [-0.1, -0.05) is 0 Å². The standard InChI is InChI=1S/C5H11NO2/c1-5(2,3-7)6-4-8/h3,6,8H,4H2,1-2H3. The third-order valence-electron chi connectivity index (χ3n) is 0.829.